The van der Waals surface area contributed by atoms with Crippen LogP contribution in [0.2, 0.25) is 5.02 Å². The zero-order valence-corrected chi connectivity index (χ0v) is 8.94. The van der Waals surface area contributed by atoms with Crippen molar-refractivity contribution in [1.82, 2.24) is 0 Å². The van der Waals surface area contributed by atoms with Gasteiger partial charge in [0.05, 0.1) is 12.1 Å². The Kier molecular flexibility index (Phi) is 2.62. The Morgan fingerprint density at radius 1 is 1.38 bits per heavy atom. The largest absolute Gasteiger partial charge is 0.364 e. The quantitative estimate of drug-likeness (QED) is 0.830. The zero-order chi connectivity index (χ0) is 11.7. The molecule has 0 fully saturated rings. The lowest BCUT2D eigenvalue weighted by molar-refractivity contribution is -0.117. The van der Waals surface area contributed by atoms with Gasteiger partial charge in [-0.1, -0.05) is 11.6 Å². The van der Waals surface area contributed by atoms with E-state index in [1.54, 1.807) is 24.3 Å². The van der Waals surface area contributed by atoms with Crippen LogP contribution in [0.3, 0.4) is 0 Å². The Bertz CT molecular complexity index is 481. The maximum Gasteiger partial charge on any atom is 0.265 e. The number of benzene rings is 1. The van der Waals surface area contributed by atoms with E-state index in [2.05, 4.69) is 5.10 Å². The van der Waals surface area contributed by atoms with Gasteiger partial charge < -0.3 is 5.73 Å². The molecule has 2 rings (SSSR count). The minimum Gasteiger partial charge on any atom is -0.364 e. The van der Waals surface area contributed by atoms with E-state index in [9.17, 15) is 9.59 Å². The molecular weight excluding hydrogens is 230 g/mol. The first-order valence-corrected chi connectivity index (χ1v) is 4.91. The van der Waals surface area contributed by atoms with Crippen LogP contribution in [0.5, 0.6) is 0 Å². The number of hydrogen-bond acceptors (Lipinski definition) is 3. The number of carbonyl (C=O) groups is 2. The summed E-state index contributed by atoms with van der Waals surface area (Å²) in [6.07, 6.45) is -0.0576. The molecule has 82 valence electrons. The number of anilines is 1. The molecule has 0 saturated carbocycles. The van der Waals surface area contributed by atoms with Crippen molar-refractivity contribution in [1.29, 1.82) is 0 Å². The lowest BCUT2D eigenvalue weighted by Gasteiger charge is -2.10. The molecule has 0 aromatic heterocycles. The Labute approximate surface area is 96.5 Å². The van der Waals surface area contributed by atoms with Crippen LogP contribution in [0.4, 0.5) is 5.69 Å². The first-order valence-electron chi connectivity index (χ1n) is 4.54. The van der Waals surface area contributed by atoms with Crippen LogP contribution in [-0.4, -0.2) is 17.5 Å². The van der Waals surface area contributed by atoms with E-state index in [0.717, 1.165) is 5.01 Å². The molecule has 0 unspecified atom stereocenters. The summed E-state index contributed by atoms with van der Waals surface area (Å²) in [7, 11) is 0. The molecule has 0 spiro atoms. The van der Waals surface area contributed by atoms with Gasteiger partial charge in [-0.05, 0) is 24.3 Å². The molecule has 16 heavy (non-hydrogen) atoms. The van der Waals surface area contributed by atoms with Gasteiger partial charge in [0.1, 0.15) is 5.71 Å². The van der Waals surface area contributed by atoms with Gasteiger partial charge in [-0.25, -0.2) is 0 Å². The number of amides is 2. The molecule has 2 N–H and O–H groups in total. The first-order chi connectivity index (χ1) is 7.58. The van der Waals surface area contributed by atoms with Crippen molar-refractivity contribution in [2.75, 3.05) is 5.01 Å². The molecule has 1 heterocycles. The smallest absolute Gasteiger partial charge is 0.265 e. The minimum atomic E-state index is -0.676. The molecule has 6 heteroatoms. The van der Waals surface area contributed by atoms with Crippen molar-refractivity contribution < 1.29 is 9.59 Å². The van der Waals surface area contributed by atoms with Crippen LogP contribution >= 0.6 is 11.6 Å². The summed E-state index contributed by atoms with van der Waals surface area (Å²) in [5, 5.41) is 5.56. The summed E-state index contributed by atoms with van der Waals surface area (Å²) in [4.78, 5) is 22.4. The highest BCUT2D eigenvalue weighted by Gasteiger charge is 2.27. The van der Waals surface area contributed by atoms with Crippen molar-refractivity contribution in [3.8, 4) is 0 Å². The third kappa shape index (κ3) is 1.90. The molecule has 0 radical (unpaired) electrons. The lowest BCUT2D eigenvalue weighted by Crippen LogP contribution is -2.22. The van der Waals surface area contributed by atoms with Crippen LogP contribution in [0, 0.1) is 0 Å². The molecule has 5 nitrogen and oxygen atoms in total. The fourth-order valence-electron chi connectivity index (χ4n) is 1.35. The van der Waals surface area contributed by atoms with Gasteiger partial charge >= 0.3 is 0 Å². The molecule has 1 aliphatic heterocycles. The molecule has 0 saturated heterocycles. The molecule has 0 aliphatic carbocycles. The van der Waals surface area contributed by atoms with E-state index in [0.29, 0.717) is 10.7 Å². The summed E-state index contributed by atoms with van der Waals surface area (Å²) in [6, 6.07) is 6.57. The number of carbonyl (C=O) groups excluding carboxylic acids is 2. The van der Waals surface area contributed by atoms with E-state index >= 15 is 0 Å². The fourth-order valence-corrected chi connectivity index (χ4v) is 1.48. The van der Waals surface area contributed by atoms with Crippen molar-refractivity contribution in [2.45, 2.75) is 6.42 Å². The predicted octanol–water partition coefficient (Wildman–Crippen LogP) is 0.918. The molecule has 1 aliphatic rings. The monoisotopic (exact) mass is 237 g/mol. The van der Waals surface area contributed by atoms with Crippen molar-refractivity contribution in [2.24, 2.45) is 10.8 Å². The summed E-state index contributed by atoms with van der Waals surface area (Å²) in [6.45, 7) is 0. The highest BCUT2D eigenvalue weighted by Crippen LogP contribution is 2.22. The van der Waals surface area contributed by atoms with E-state index in [4.69, 9.17) is 17.3 Å². The number of rotatable bonds is 2. The van der Waals surface area contributed by atoms with Gasteiger partial charge in [0.15, 0.2) is 0 Å². The number of hydrogen-bond donors (Lipinski definition) is 1. The van der Waals surface area contributed by atoms with Crippen LogP contribution in [0.1, 0.15) is 6.42 Å². The fraction of sp³-hybridized carbons (Fsp3) is 0.100. The second-order valence-corrected chi connectivity index (χ2v) is 3.71. The number of nitrogens with two attached hydrogens (primary N) is 1. The predicted molar refractivity (Wildman–Crippen MR) is 60.2 cm³/mol. The Morgan fingerprint density at radius 2 is 2.00 bits per heavy atom. The second kappa shape index (κ2) is 3.94. The number of primary amides is 1. The van der Waals surface area contributed by atoms with Gasteiger partial charge in [-0.2, -0.15) is 10.1 Å². The first kappa shape index (κ1) is 10.6. The average molecular weight is 238 g/mol. The Morgan fingerprint density at radius 3 is 2.50 bits per heavy atom. The van der Waals surface area contributed by atoms with Gasteiger partial charge in [0.2, 0.25) is 0 Å². The summed E-state index contributed by atoms with van der Waals surface area (Å²) in [5.41, 5.74) is 5.68. The van der Waals surface area contributed by atoms with Gasteiger partial charge in [-0.15, -0.1) is 0 Å². The number of hydrazone groups is 1. The molecule has 2 amide bonds. The maximum atomic E-state index is 11.5. The van der Waals surface area contributed by atoms with Gasteiger partial charge in [0.25, 0.3) is 11.8 Å². The summed E-state index contributed by atoms with van der Waals surface area (Å²) >= 11 is 5.72. The minimum absolute atomic E-state index is 0.0576. The third-order valence-electron chi connectivity index (χ3n) is 2.13. The van der Waals surface area contributed by atoms with Crippen LogP contribution in [0.25, 0.3) is 0 Å². The molecular formula is C10H8ClN3O2. The van der Waals surface area contributed by atoms with Crippen molar-refractivity contribution >= 4 is 34.8 Å². The highest BCUT2D eigenvalue weighted by molar-refractivity contribution is 6.44. The molecule has 0 bridgehead atoms. The molecule has 1 aromatic rings. The Hall–Kier alpha value is -1.88. The SMILES string of the molecule is NC(=O)C1=NN(c2ccc(Cl)cc2)C(=O)C1. The van der Waals surface area contributed by atoms with E-state index in [1.807, 2.05) is 0 Å². The van der Waals surface area contributed by atoms with Crippen LogP contribution in [-0.2, 0) is 9.59 Å². The van der Waals surface area contributed by atoms with E-state index < -0.39 is 5.91 Å². The van der Waals surface area contributed by atoms with Gasteiger partial charge in [-0.3, -0.25) is 9.59 Å². The van der Waals surface area contributed by atoms with E-state index in [-0.39, 0.29) is 18.0 Å². The Balaban J connectivity index is 2.31. The normalized spacial score (nSPS) is 15.2. The lowest BCUT2D eigenvalue weighted by atomic mass is 10.2. The van der Waals surface area contributed by atoms with Crippen LogP contribution in [0.15, 0.2) is 29.4 Å². The summed E-state index contributed by atoms with van der Waals surface area (Å²) in [5.74, 6) is -0.957. The second-order valence-electron chi connectivity index (χ2n) is 3.27. The number of halogens is 1. The molecule has 1 aromatic carbocycles. The van der Waals surface area contributed by atoms with Crippen molar-refractivity contribution in [3.05, 3.63) is 29.3 Å². The van der Waals surface area contributed by atoms with Gasteiger partial charge in [0, 0.05) is 5.02 Å². The topological polar surface area (TPSA) is 75.8 Å². The third-order valence-corrected chi connectivity index (χ3v) is 2.38. The maximum absolute atomic E-state index is 11.5. The zero-order valence-electron chi connectivity index (χ0n) is 8.18. The number of nitrogens with zero attached hydrogens (tertiary/aromatic N) is 2. The van der Waals surface area contributed by atoms with Crippen molar-refractivity contribution in [3.63, 3.8) is 0 Å². The van der Waals surface area contributed by atoms with E-state index in [1.165, 1.54) is 0 Å². The average Bonchev–Trinajstić information content (AvgIpc) is 2.62. The highest BCUT2D eigenvalue weighted by atomic mass is 35.5. The summed E-state index contributed by atoms with van der Waals surface area (Å²) < 4.78 is 0. The van der Waals surface area contributed by atoms with Crippen LogP contribution < -0.4 is 10.7 Å². The molecule has 0 atom stereocenters. The standard InChI is InChI=1S/C10H8ClN3O2/c11-6-1-3-7(4-2-6)14-9(15)5-8(13-14)10(12)16/h1-4H,5H2,(H2,12,16).